The predicted molar refractivity (Wildman–Crippen MR) is 71.6 cm³/mol. The van der Waals surface area contributed by atoms with Crippen molar-refractivity contribution in [3.8, 4) is 0 Å². The zero-order valence-corrected chi connectivity index (χ0v) is 12.1. The van der Waals surface area contributed by atoms with E-state index in [1.807, 2.05) is 12.3 Å². The minimum absolute atomic E-state index is 0.568. The number of aliphatic carboxylic acids is 1. The molecule has 1 saturated heterocycles. The molecule has 6 heteroatoms. The Morgan fingerprint density at radius 1 is 1.76 bits per heavy atom. The minimum atomic E-state index is -0.680. The molecule has 0 aromatic carbocycles. The van der Waals surface area contributed by atoms with Crippen LogP contribution in [0.3, 0.4) is 0 Å². The van der Waals surface area contributed by atoms with Crippen LogP contribution >= 0.6 is 27.3 Å². The van der Waals surface area contributed by atoms with Crippen molar-refractivity contribution in [3.63, 3.8) is 0 Å². The SMILES string of the molecule is CCC1(C(=O)O)CCCN(c2nc(Br)cs2)C1. The van der Waals surface area contributed by atoms with E-state index in [9.17, 15) is 9.90 Å². The summed E-state index contributed by atoms with van der Waals surface area (Å²) in [6.45, 7) is 3.42. The number of carboxylic acids is 1. The molecular formula is C11H15BrN2O2S. The maximum atomic E-state index is 11.4. The Balaban J connectivity index is 2.19. The molecule has 1 aromatic rings. The molecule has 2 heterocycles. The van der Waals surface area contributed by atoms with Crippen LogP contribution in [-0.4, -0.2) is 29.1 Å². The summed E-state index contributed by atoms with van der Waals surface area (Å²) >= 11 is 4.88. The Kier molecular flexibility index (Phi) is 3.73. The first-order chi connectivity index (χ1) is 8.07. The molecule has 0 aliphatic carbocycles. The summed E-state index contributed by atoms with van der Waals surface area (Å²) in [6.07, 6.45) is 2.35. The molecule has 0 bridgehead atoms. The number of anilines is 1. The van der Waals surface area contributed by atoms with E-state index in [4.69, 9.17) is 0 Å². The largest absolute Gasteiger partial charge is 0.481 e. The molecule has 1 aliphatic heterocycles. The van der Waals surface area contributed by atoms with Gasteiger partial charge in [0, 0.05) is 18.5 Å². The second-order valence-electron chi connectivity index (χ2n) is 4.42. The number of rotatable bonds is 3. The van der Waals surface area contributed by atoms with Crippen molar-refractivity contribution >= 4 is 38.4 Å². The summed E-state index contributed by atoms with van der Waals surface area (Å²) in [5.74, 6) is -0.680. The monoisotopic (exact) mass is 318 g/mol. The van der Waals surface area contributed by atoms with Crippen molar-refractivity contribution in [2.24, 2.45) is 5.41 Å². The Bertz CT molecular complexity index is 423. The highest BCUT2D eigenvalue weighted by molar-refractivity contribution is 9.10. The summed E-state index contributed by atoms with van der Waals surface area (Å²) in [4.78, 5) is 17.9. The van der Waals surface area contributed by atoms with E-state index in [1.165, 1.54) is 0 Å². The molecule has 94 valence electrons. The normalized spacial score (nSPS) is 24.9. The average molecular weight is 319 g/mol. The van der Waals surface area contributed by atoms with E-state index >= 15 is 0 Å². The van der Waals surface area contributed by atoms with Crippen molar-refractivity contribution in [2.75, 3.05) is 18.0 Å². The molecule has 17 heavy (non-hydrogen) atoms. The molecular weight excluding hydrogens is 304 g/mol. The van der Waals surface area contributed by atoms with Crippen LogP contribution in [0.15, 0.2) is 9.98 Å². The van der Waals surface area contributed by atoms with Gasteiger partial charge in [0.25, 0.3) is 0 Å². The van der Waals surface area contributed by atoms with Crippen LogP contribution in [-0.2, 0) is 4.79 Å². The van der Waals surface area contributed by atoms with Gasteiger partial charge >= 0.3 is 5.97 Å². The van der Waals surface area contributed by atoms with Crippen LogP contribution in [0, 0.1) is 5.41 Å². The highest BCUT2D eigenvalue weighted by Crippen LogP contribution is 2.37. The average Bonchev–Trinajstić information content (AvgIpc) is 2.76. The number of carboxylic acid groups (broad SMARTS) is 1. The van der Waals surface area contributed by atoms with Gasteiger partial charge in [-0.05, 0) is 35.2 Å². The van der Waals surface area contributed by atoms with Crippen LogP contribution < -0.4 is 4.90 Å². The standard InChI is InChI=1S/C11H15BrN2O2S/c1-2-11(9(15)16)4-3-5-14(7-11)10-13-8(12)6-17-10/h6H,2-5,7H2,1H3,(H,15,16). The summed E-state index contributed by atoms with van der Waals surface area (Å²) < 4.78 is 0.820. The number of hydrogen-bond acceptors (Lipinski definition) is 4. The lowest BCUT2D eigenvalue weighted by molar-refractivity contribution is -0.149. The number of piperidine rings is 1. The van der Waals surface area contributed by atoms with Crippen LogP contribution in [0.25, 0.3) is 0 Å². The minimum Gasteiger partial charge on any atom is -0.481 e. The van der Waals surface area contributed by atoms with E-state index < -0.39 is 11.4 Å². The van der Waals surface area contributed by atoms with Gasteiger partial charge in [0.2, 0.25) is 0 Å². The Morgan fingerprint density at radius 3 is 3.06 bits per heavy atom. The molecule has 1 N–H and O–H groups in total. The van der Waals surface area contributed by atoms with Gasteiger partial charge in [0.1, 0.15) is 4.60 Å². The van der Waals surface area contributed by atoms with E-state index in [2.05, 4.69) is 25.8 Å². The number of halogens is 1. The maximum Gasteiger partial charge on any atom is 0.311 e. The Morgan fingerprint density at radius 2 is 2.53 bits per heavy atom. The van der Waals surface area contributed by atoms with Crippen LogP contribution in [0.1, 0.15) is 26.2 Å². The van der Waals surface area contributed by atoms with Gasteiger partial charge < -0.3 is 10.0 Å². The first-order valence-electron chi connectivity index (χ1n) is 5.67. The van der Waals surface area contributed by atoms with Gasteiger partial charge in [-0.25, -0.2) is 4.98 Å². The van der Waals surface area contributed by atoms with E-state index in [0.717, 1.165) is 29.1 Å². The number of hydrogen-bond donors (Lipinski definition) is 1. The fourth-order valence-electron chi connectivity index (χ4n) is 2.30. The molecule has 0 saturated carbocycles. The molecule has 1 atom stereocenters. The Hall–Kier alpha value is -0.620. The molecule has 0 spiro atoms. The smallest absolute Gasteiger partial charge is 0.311 e. The zero-order chi connectivity index (χ0) is 12.5. The fraction of sp³-hybridized carbons (Fsp3) is 0.636. The molecule has 0 radical (unpaired) electrons. The second-order valence-corrected chi connectivity index (χ2v) is 6.07. The lowest BCUT2D eigenvalue weighted by Crippen LogP contribution is -2.47. The van der Waals surface area contributed by atoms with E-state index in [-0.39, 0.29) is 0 Å². The fourth-order valence-corrected chi connectivity index (χ4v) is 3.58. The number of aromatic nitrogens is 1. The first-order valence-corrected chi connectivity index (χ1v) is 7.34. The van der Waals surface area contributed by atoms with Gasteiger partial charge in [-0.15, -0.1) is 11.3 Å². The molecule has 1 aromatic heterocycles. The molecule has 1 unspecified atom stereocenters. The molecule has 2 rings (SSSR count). The van der Waals surface area contributed by atoms with Crippen LogP contribution in [0.5, 0.6) is 0 Å². The quantitative estimate of drug-likeness (QED) is 0.930. The van der Waals surface area contributed by atoms with Gasteiger partial charge in [0.05, 0.1) is 5.41 Å². The van der Waals surface area contributed by atoms with Crippen molar-refractivity contribution in [1.29, 1.82) is 0 Å². The summed E-state index contributed by atoms with van der Waals surface area (Å²) in [6, 6.07) is 0. The van der Waals surface area contributed by atoms with Gasteiger partial charge in [-0.2, -0.15) is 0 Å². The molecule has 4 nitrogen and oxygen atoms in total. The summed E-state index contributed by atoms with van der Waals surface area (Å²) in [5, 5.41) is 12.2. The zero-order valence-electron chi connectivity index (χ0n) is 9.65. The van der Waals surface area contributed by atoms with Crippen LogP contribution in [0.2, 0.25) is 0 Å². The van der Waals surface area contributed by atoms with E-state index in [1.54, 1.807) is 11.3 Å². The highest BCUT2D eigenvalue weighted by Gasteiger charge is 2.41. The van der Waals surface area contributed by atoms with Crippen molar-refractivity contribution < 1.29 is 9.90 Å². The third-order valence-corrected chi connectivity index (χ3v) is 5.05. The van der Waals surface area contributed by atoms with Crippen molar-refractivity contribution in [3.05, 3.63) is 9.98 Å². The summed E-state index contributed by atoms with van der Waals surface area (Å²) in [7, 11) is 0. The van der Waals surface area contributed by atoms with Crippen LogP contribution in [0.4, 0.5) is 5.13 Å². The molecule has 1 aliphatic rings. The summed E-state index contributed by atoms with van der Waals surface area (Å²) in [5.41, 5.74) is -0.601. The number of thiazole rings is 1. The number of carbonyl (C=O) groups is 1. The topological polar surface area (TPSA) is 53.4 Å². The number of nitrogens with zero attached hydrogens (tertiary/aromatic N) is 2. The van der Waals surface area contributed by atoms with Gasteiger partial charge in [-0.3, -0.25) is 4.79 Å². The molecule has 1 fully saturated rings. The highest BCUT2D eigenvalue weighted by atomic mass is 79.9. The third kappa shape index (κ3) is 2.47. The second kappa shape index (κ2) is 4.94. The lowest BCUT2D eigenvalue weighted by Gasteiger charge is -2.39. The lowest BCUT2D eigenvalue weighted by atomic mass is 9.78. The third-order valence-electron chi connectivity index (χ3n) is 3.44. The van der Waals surface area contributed by atoms with Crippen molar-refractivity contribution in [2.45, 2.75) is 26.2 Å². The Labute approximate surface area is 113 Å². The first kappa shape index (κ1) is 12.8. The van der Waals surface area contributed by atoms with Gasteiger partial charge in [-0.1, -0.05) is 6.92 Å². The predicted octanol–water partition coefficient (Wildman–Crippen LogP) is 2.99. The molecule has 0 amide bonds. The van der Waals surface area contributed by atoms with Crippen molar-refractivity contribution in [1.82, 2.24) is 4.98 Å². The van der Waals surface area contributed by atoms with E-state index in [0.29, 0.717) is 13.0 Å². The van der Waals surface area contributed by atoms with Gasteiger partial charge in [0.15, 0.2) is 5.13 Å². The maximum absolute atomic E-state index is 11.4.